The largest absolute Gasteiger partial charge is 0.331 e. The molecule has 0 spiro atoms. The second kappa shape index (κ2) is 8.09. The molecule has 1 aliphatic heterocycles. The molecule has 27 heavy (non-hydrogen) atoms. The van der Waals surface area contributed by atoms with E-state index in [0.29, 0.717) is 6.54 Å². The Morgan fingerprint density at radius 1 is 1.19 bits per heavy atom. The van der Waals surface area contributed by atoms with Crippen molar-refractivity contribution in [2.24, 2.45) is 0 Å². The second-order valence-electron chi connectivity index (χ2n) is 7.81. The summed E-state index contributed by atoms with van der Waals surface area (Å²) in [6.07, 6.45) is 3.00. The van der Waals surface area contributed by atoms with Crippen LogP contribution in [-0.4, -0.2) is 41.3 Å². The minimum Gasteiger partial charge on any atom is -0.331 e. The lowest BCUT2D eigenvalue weighted by atomic mass is 9.93. The fourth-order valence-electron chi connectivity index (χ4n) is 3.77. The molecule has 2 heterocycles. The van der Waals surface area contributed by atoms with Gasteiger partial charge in [0, 0.05) is 18.8 Å². The Labute approximate surface area is 161 Å². The van der Waals surface area contributed by atoms with Gasteiger partial charge in [-0.3, -0.25) is 9.59 Å². The molecular formula is C22H29N3O2. The van der Waals surface area contributed by atoms with E-state index in [0.717, 1.165) is 42.6 Å². The summed E-state index contributed by atoms with van der Waals surface area (Å²) in [6, 6.07) is 10.3. The number of aromatic nitrogens is 1. The van der Waals surface area contributed by atoms with Gasteiger partial charge in [-0.05, 0) is 70.0 Å². The van der Waals surface area contributed by atoms with Crippen molar-refractivity contribution in [1.29, 1.82) is 0 Å². The maximum atomic E-state index is 13.2. The number of aryl methyl sites for hydroxylation is 2. The highest BCUT2D eigenvalue weighted by Gasteiger charge is 2.30. The molecule has 1 aromatic carbocycles. The number of benzene rings is 1. The topological polar surface area (TPSA) is 56.4 Å². The van der Waals surface area contributed by atoms with Crippen molar-refractivity contribution >= 4 is 5.91 Å². The van der Waals surface area contributed by atoms with Gasteiger partial charge >= 0.3 is 0 Å². The Balaban J connectivity index is 1.88. The number of nitrogens with zero attached hydrogens (tertiary/aromatic N) is 2. The van der Waals surface area contributed by atoms with Gasteiger partial charge in [0.2, 0.25) is 0 Å². The molecule has 0 radical (unpaired) electrons. The molecule has 1 aliphatic rings. The summed E-state index contributed by atoms with van der Waals surface area (Å²) < 4.78 is 0. The zero-order valence-electron chi connectivity index (χ0n) is 16.7. The summed E-state index contributed by atoms with van der Waals surface area (Å²) in [5.41, 5.74) is 4.08. The van der Waals surface area contributed by atoms with Gasteiger partial charge in [0.15, 0.2) is 0 Å². The van der Waals surface area contributed by atoms with Crippen LogP contribution in [0.5, 0.6) is 0 Å². The van der Waals surface area contributed by atoms with Crippen molar-refractivity contribution in [2.75, 3.05) is 20.6 Å². The van der Waals surface area contributed by atoms with E-state index < -0.39 is 0 Å². The summed E-state index contributed by atoms with van der Waals surface area (Å²) in [5.74, 6) is -0.165. The molecule has 1 aromatic heterocycles. The third-order valence-electron chi connectivity index (χ3n) is 5.36. The van der Waals surface area contributed by atoms with Gasteiger partial charge in [-0.2, -0.15) is 0 Å². The molecule has 1 amide bonds. The smallest absolute Gasteiger partial charge is 0.261 e. The van der Waals surface area contributed by atoms with Crippen LogP contribution in [0.25, 0.3) is 0 Å². The molecule has 1 saturated heterocycles. The monoisotopic (exact) mass is 367 g/mol. The molecule has 1 fully saturated rings. The lowest BCUT2D eigenvalue weighted by Gasteiger charge is -2.36. The number of piperidine rings is 1. The van der Waals surface area contributed by atoms with Gasteiger partial charge in [-0.1, -0.05) is 24.3 Å². The number of nitrogens with one attached hydrogen (secondary N) is 1. The molecule has 3 rings (SSSR count). The molecule has 1 N–H and O–H groups in total. The van der Waals surface area contributed by atoms with Crippen LogP contribution in [0.3, 0.4) is 0 Å². The van der Waals surface area contributed by atoms with E-state index in [-0.39, 0.29) is 23.1 Å². The van der Waals surface area contributed by atoms with E-state index >= 15 is 0 Å². The number of hydrogen-bond donors (Lipinski definition) is 1. The van der Waals surface area contributed by atoms with Crippen LogP contribution in [-0.2, 0) is 6.54 Å². The van der Waals surface area contributed by atoms with Crippen LogP contribution in [0, 0.1) is 13.8 Å². The highest BCUT2D eigenvalue weighted by atomic mass is 16.2. The number of carbonyl (C=O) groups excluding carboxylic acids is 1. The van der Waals surface area contributed by atoms with Crippen molar-refractivity contribution in [3.05, 3.63) is 68.6 Å². The molecule has 1 unspecified atom stereocenters. The summed E-state index contributed by atoms with van der Waals surface area (Å²) in [4.78, 5) is 32.4. The van der Waals surface area contributed by atoms with E-state index in [4.69, 9.17) is 0 Å². The first kappa shape index (κ1) is 19.4. The van der Waals surface area contributed by atoms with E-state index in [1.54, 1.807) is 6.07 Å². The zero-order valence-corrected chi connectivity index (χ0v) is 16.7. The normalized spacial score (nSPS) is 17.4. The van der Waals surface area contributed by atoms with Crippen molar-refractivity contribution < 1.29 is 4.79 Å². The Morgan fingerprint density at radius 2 is 1.89 bits per heavy atom. The average Bonchev–Trinajstić information content (AvgIpc) is 2.64. The minimum atomic E-state index is -0.297. The number of H-pyrrole nitrogens is 1. The van der Waals surface area contributed by atoms with Crippen LogP contribution in [0.15, 0.2) is 35.1 Å². The Morgan fingerprint density at radius 3 is 2.56 bits per heavy atom. The van der Waals surface area contributed by atoms with Gasteiger partial charge in [0.25, 0.3) is 11.5 Å². The fraction of sp³-hybridized carbons (Fsp3) is 0.455. The summed E-state index contributed by atoms with van der Waals surface area (Å²) in [6.45, 7) is 5.35. The predicted octanol–water partition coefficient (Wildman–Crippen LogP) is 3.42. The first-order chi connectivity index (χ1) is 12.9. The van der Waals surface area contributed by atoms with E-state index in [1.807, 2.05) is 18.7 Å². The van der Waals surface area contributed by atoms with Crippen LogP contribution in [0.1, 0.15) is 58.0 Å². The van der Waals surface area contributed by atoms with Crippen molar-refractivity contribution in [2.45, 2.75) is 45.7 Å². The summed E-state index contributed by atoms with van der Waals surface area (Å²) in [7, 11) is 4.10. The van der Waals surface area contributed by atoms with E-state index in [1.165, 1.54) is 5.56 Å². The van der Waals surface area contributed by atoms with Crippen LogP contribution in [0.4, 0.5) is 0 Å². The summed E-state index contributed by atoms with van der Waals surface area (Å²) in [5, 5.41) is 0. The van der Waals surface area contributed by atoms with E-state index in [9.17, 15) is 9.59 Å². The van der Waals surface area contributed by atoms with Crippen molar-refractivity contribution in [1.82, 2.24) is 14.8 Å². The molecule has 5 heteroatoms. The molecule has 5 nitrogen and oxygen atoms in total. The van der Waals surface area contributed by atoms with Gasteiger partial charge in [-0.15, -0.1) is 0 Å². The minimum absolute atomic E-state index is 0.0284. The number of rotatable bonds is 4. The third kappa shape index (κ3) is 4.30. The molecule has 144 valence electrons. The number of carbonyl (C=O) groups is 1. The quantitative estimate of drug-likeness (QED) is 0.901. The molecule has 0 aliphatic carbocycles. The Kier molecular flexibility index (Phi) is 5.80. The summed E-state index contributed by atoms with van der Waals surface area (Å²) >= 11 is 0. The van der Waals surface area contributed by atoms with Gasteiger partial charge < -0.3 is 14.8 Å². The number of pyridine rings is 1. The zero-order chi connectivity index (χ0) is 19.6. The Hall–Kier alpha value is -2.40. The third-order valence-corrected chi connectivity index (χ3v) is 5.36. The lowest BCUT2D eigenvalue weighted by Crippen LogP contribution is -2.40. The molecule has 1 atom stereocenters. The van der Waals surface area contributed by atoms with Crippen LogP contribution < -0.4 is 5.56 Å². The van der Waals surface area contributed by atoms with Gasteiger partial charge in [0.1, 0.15) is 5.56 Å². The van der Waals surface area contributed by atoms with Gasteiger partial charge in [0.05, 0.1) is 6.04 Å². The highest BCUT2D eigenvalue weighted by molar-refractivity contribution is 5.94. The SMILES string of the molecule is Cc1cc(C(=O)N2CCCCC2c2ccc(CN(C)C)cc2)c(=O)[nH]c1C. The maximum Gasteiger partial charge on any atom is 0.261 e. The maximum absolute atomic E-state index is 13.2. The standard InChI is InChI=1S/C22H29N3O2/c1-15-13-19(21(26)23-16(15)2)22(27)25-12-6-5-7-20(25)18-10-8-17(9-11-18)14-24(3)4/h8-11,13,20H,5-7,12,14H2,1-4H3,(H,23,26). The highest BCUT2D eigenvalue weighted by Crippen LogP contribution is 2.32. The fourth-order valence-corrected chi connectivity index (χ4v) is 3.77. The van der Waals surface area contributed by atoms with Crippen molar-refractivity contribution in [3.8, 4) is 0 Å². The number of hydrogen-bond acceptors (Lipinski definition) is 3. The van der Waals surface area contributed by atoms with Gasteiger partial charge in [-0.25, -0.2) is 0 Å². The van der Waals surface area contributed by atoms with Crippen LogP contribution in [0.2, 0.25) is 0 Å². The predicted molar refractivity (Wildman–Crippen MR) is 108 cm³/mol. The molecule has 0 bridgehead atoms. The number of amides is 1. The lowest BCUT2D eigenvalue weighted by molar-refractivity contribution is 0.0609. The van der Waals surface area contributed by atoms with Crippen molar-refractivity contribution in [3.63, 3.8) is 0 Å². The number of likely N-dealkylation sites (tertiary alicyclic amines) is 1. The molecule has 2 aromatic rings. The van der Waals surface area contributed by atoms with E-state index in [2.05, 4.69) is 48.2 Å². The first-order valence-electron chi connectivity index (χ1n) is 9.62. The molecular weight excluding hydrogens is 338 g/mol. The average molecular weight is 367 g/mol. The number of aromatic amines is 1. The molecule has 0 saturated carbocycles. The first-order valence-corrected chi connectivity index (χ1v) is 9.62. The Bertz CT molecular complexity index is 868. The second-order valence-corrected chi connectivity index (χ2v) is 7.81. The van der Waals surface area contributed by atoms with Crippen LogP contribution >= 0.6 is 0 Å².